The van der Waals surface area contributed by atoms with Gasteiger partial charge in [0.2, 0.25) is 0 Å². The number of esters is 1. The summed E-state index contributed by atoms with van der Waals surface area (Å²) in [7, 11) is -1.59. The van der Waals surface area contributed by atoms with E-state index >= 15 is 0 Å². The third-order valence-electron chi connectivity index (χ3n) is 7.70. The van der Waals surface area contributed by atoms with E-state index in [-0.39, 0.29) is 23.7 Å². The highest BCUT2D eigenvalue weighted by Crippen LogP contribution is 2.44. The molecule has 7 nitrogen and oxygen atoms in total. The number of aryl methyl sites for hydroxylation is 2. The molecule has 1 heterocycles. The van der Waals surface area contributed by atoms with Crippen LogP contribution in [-0.4, -0.2) is 46.7 Å². The molecular formula is C32H36O7S. The molecule has 0 saturated carbocycles. The van der Waals surface area contributed by atoms with Gasteiger partial charge in [0.1, 0.15) is 33.2 Å². The largest absolute Gasteiger partial charge is 0.494 e. The van der Waals surface area contributed by atoms with Gasteiger partial charge in [0.15, 0.2) is 0 Å². The van der Waals surface area contributed by atoms with E-state index in [0.29, 0.717) is 26.1 Å². The number of hydrogen-bond acceptors (Lipinski definition) is 7. The predicted molar refractivity (Wildman–Crippen MR) is 154 cm³/mol. The lowest BCUT2D eigenvalue weighted by Gasteiger charge is -2.18. The van der Waals surface area contributed by atoms with E-state index in [9.17, 15) is 13.2 Å². The predicted octanol–water partition coefficient (Wildman–Crippen LogP) is 5.89. The van der Waals surface area contributed by atoms with Crippen LogP contribution in [0.4, 0.5) is 0 Å². The number of ether oxygens (including phenoxy) is 4. The zero-order valence-corrected chi connectivity index (χ0v) is 24.3. The Kier molecular flexibility index (Phi) is 8.08. The maximum absolute atomic E-state index is 11.7. The van der Waals surface area contributed by atoms with Crippen LogP contribution in [0.5, 0.6) is 17.2 Å². The number of hydrogen-bond donors (Lipinski definition) is 0. The fourth-order valence-corrected chi connectivity index (χ4v) is 6.51. The van der Waals surface area contributed by atoms with E-state index in [4.69, 9.17) is 18.9 Å². The Balaban J connectivity index is 1.32. The Bertz CT molecular complexity index is 1500. The number of rotatable bonds is 10. The topological polar surface area (TPSA) is 88.1 Å². The standard InChI is InChI=1S/C32H36O7S/c1-20-15-24(37-13-6-14-40(4,34)35)16-21(2)32(20)28-8-5-7-27-26(28)11-12-29(27)39-23-9-10-25-22(17-31(33)36-3)19-38-30(25)18-23/h5,7-10,15-16,18,22,29H,6,11-14,17,19H2,1-4H3. The Morgan fingerprint density at radius 2 is 1.80 bits per heavy atom. The highest BCUT2D eigenvalue weighted by atomic mass is 32.2. The van der Waals surface area contributed by atoms with Crippen molar-refractivity contribution in [2.45, 2.75) is 51.6 Å². The Hall–Kier alpha value is -3.52. The van der Waals surface area contributed by atoms with Crippen molar-refractivity contribution in [1.82, 2.24) is 0 Å². The second-order valence-electron chi connectivity index (χ2n) is 10.8. The first-order valence-corrected chi connectivity index (χ1v) is 15.7. The lowest BCUT2D eigenvalue weighted by Crippen LogP contribution is -2.09. The summed E-state index contributed by atoms with van der Waals surface area (Å²) >= 11 is 0. The van der Waals surface area contributed by atoms with Crippen LogP contribution in [0.2, 0.25) is 0 Å². The number of carbonyl (C=O) groups is 1. The Labute approximate surface area is 236 Å². The van der Waals surface area contributed by atoms with Gasteiger partial charge in [0.05, 0.1) is 32.5 Å². The minimum atomic E-state index is -2.99. The van der Waals surface area contributed by atoms with E-state index in [1.54, 1.807) is 0 Å². The van der Waals surface area contributed by atoms with E-state index in [1.807, 2.05) is 30.3 Å². The molecule has 1 aliphatic carbocycles. The minimum absolute atomic E-state index is 0.00187. The highest BCUT2D eigenvalue weighted by Gasteiger charge is 2.30. The number of fused-ring (bicyclic) bond motifs is 2. The smallest absolute Gasteiger partial charge is 0.306 e. The van der Waals surface area contributed by atoms with Gasteiger partial charge < -0.3 is 18.9 Å². The number of carbonyl (C=O) groups excluding carboxylic acids is 1. The van der Waals surface area contributed by atoms with Crippen LogP contribution in [0, 0.1) is 13.8 Å². The molecular weight excluding hydrogens is 528 g/mol. The number of benzene rings is 3. The summed E-state index contributed by atoms with van der Waals surface area (Å²) in [6.07, 6.45) is 3.76. The molecule has 212 valence electrons. The molecule has 2 unspecified atom stereocenters. The summed E-state index contributed by atoms with van der Waals surface area (Å²) in [5, 5.41) is 0. The second-order valence-corrected chi connectivity index (χ2v) is 13.0. The van der Waals surface area contributed by atoms with Crippen molar-refractivity contribution in [1.29, 1.82) is 0 Å². The molecule has 0 bridgehead atoms. The van der Waals surface area contributed by atoms with Gasteiger partial charge in [-0.3, -0.25) is 4.79 Å². The fourth-order valence-electron chi connectivity index (χ4n) is 5.86. The van der Waals surface area contributed by atoms with Crippen molar-refractivity contribution in [3.8, 4) is 28.4 Å². The molecule has 2 atom stereocenters. The zero-order valence-electron chi connectivity index (χ0n) is 23.5. The Morgan fingerprint density at radius 1 is 1.02 bits per heavy atom. The molecule has 40 heavy (non-hydrogen) atoms. The molecule has 0 fully saturated rings. The van der Waals surface area contributed by atoms with Crippen molar-refractivity contribution in [3.63, 3.8) is 0 Å². The molecule has 5 rings (SSSR count). The van der Waals surface area contributed by atoms with Gasteiger partial charge in [-0.1, -0.05) is 24.3 Å². The normalized spacial score (nSPS) is 17.6. The number of sulfone groups is 1. The summed E-state index contributed by atoms with van der Waals surface area (Å²) in [5.74, 6) is 2.17. The van der Waals surface area contributed by atoms with Crippen molar-refractivity contribution in [2.24, 2.45) is 0 Å². The van der Waals surface area contributed by atoms with Gasteiger partial charge in [-0.05, 0) is 84.7 Å². The first-order chi connectivity index (χ1) is 19.1. The van der Waals surface area contributed by atoms with Crippen LogP contribution < -0.4 is 14.2 Å². The summed E-state index contributed by atoms with van der Waals surface area (Å²) in [5.41, 5.74) is 8.16. The van der Waals surface area contributed by atoms with Gasteiger partial charge >= 0.3 is 5.97 Å². The summed E-state index contributed by atoms with van der Waals surface area (Å²) < 4.78 is 45.8. The fraction of sp³-hybridized carbons (Fsp3) is 0.406. The quantitative estimate of drug-likeness (QED) is 0.224. The second kappa shape index (κ2) is 11.5. The van der Waals surface area contributed by atoms with Crippen LogP contribution >= 0.6 is 0 Å². The summed E-state index contributed by atoms with van der Waals surface area (Å²) in [6.45, 7) is 5.01. The van der Waals surface area contributed by atoms with E-state index in [0.717, 1.165) is 46.8 Å². The maximum atomic E-state index is 11.7. The monoisotopic (exact) mass is 564 g/mol. The van der Waals surface area contributed by atoms with Crippen molar-refractivity contribution in [2.75, 3.05) is 32.3 Å². The molecule has 0 saturated heterocycles. The average Bonchev–Trinajstić information content (AvgIpc) is 3.50. The molecule has 0 radical (unpaired) electrons. The van der Waals surface area contributed by atoms with Crippen LogP contribution in [-0.2, 0) is 25.8 Å². The number of methoxy groups -OCH3 is 1. The third-order valence-corrected chi connectivity index (χ3v) is 8.73. The van der Waals surface area contributed by atoms with Crippen molar-refractivity contribution < 1.29 is 32.2 Å². The lowest BCUT2D eigenvalue weighted by molar-refractivity contribution is -0.141. The van der Waals surface area contributed by atoms with E-state index in [1.165, 1.54) is 35.6 Å². The molecule has 8 heteroatoms. The third kappa shape index (κ3) is 6.12. The van der Waals surface area contributed by atoms with Crippen LogP contribution in [0.1, 0.15) is 59.1 Å². The SMILES string of the molecule is COC(=O)CC1COc2cc(OC3CCc4c(-c5c(C)cc(OCCCS(C)(=O)=O)cc5C)cccc43)ccc21. The van der Waals surface area contributed by atoms with Crippen molar-refractivity contribution >= 4 is 15.8 Å². The highest BCUT2D eigenvalue weighted by molar-refractivity contribution is 7.90. The molecule has 1 aliphatic heterocycles. The van der Waals surface area contributed by atoms with Crippen LogP contribution in [0.3, 0.4) is 0 Å². The maximum Gasteiger partial charge on any atom is 0.306 e. The van der Waals surface area contributed by atoms with Gasteiger partial charge in [0.25, 0.3) is 0 Å². The molecule has 3 aromatic carbocycles. The summed E-state index contributed by atoms with van der Waals surface area (Å²) in [6, 6.07) is 16.4. The Morgan fingerprint density at radius 3 is 2.52 bits per heavy atom. The van der Waals surface area contributed by atoms with Gasteiger partial charge in [-0.15, -0.1) is 0 Å². The van der Waals surface area contributed by atoms with Crippen molar-refractivity contribution in [3.05, 3.63) is 76.3 Å². The average molecular weight is 565 g/mol. The van der Waals surface area contributed by atoms with Crippen LogP contribution in [0.25, 0.3) is 11.1 Å². The van der Waals surface area contributed by atoms with Gasteiger partial charge in [0, 0.05) is 23.8 Å². The molecule has 0 spiro atoms. The van der Waals surface area contributed by atoms with E-state index in [2.05, 4.69) is 32.0 Å². The minimum Gasteiger partial charge on any atom is -0.494 e. The molecule has 2 aliphatic rings. The molecule has 0 aromatic heterocycles. The van der Waals surface area contributed by atoms with Crippen LogP contribution in [0.15, 0.2) is 48.5 Å². The molecule has 3 aromatic rings. The first kappa shape index (κ1) is 28.0. The summed E-state index contributed by atoms with van der Waals surface area (Å²) in [4.78, 5) is 11.7. The van der Waals surface area contributed by atoms with Gasteiger partial charge in [-0.25, -0.2) is 8.42 Å². The molecule has 0 amide bonds. The first-order valence-electron chi connectivity index (χ1n) is 13.7. The lowest BCUT2D eigenvalue weighted by atomic mass is 9.90. The molecule has 0 N–H and O–H groups in total. The van der Waals surface area contributed by atoms with Gasteiger partial charge in [-0.2, -0.15) is 0 Å². The zero-order chi connectivity index (χ0) is 28.4. The van der Waals surface area contributed by atoms with E-state index < -0.39 is 9.84 Å².